The average Bonchev–Trinajstić information content (AvgIpc) is 3.18. The molecule has 0 fully saturated rings. The van der Waals surface area contributed by atoms with Crippen LogP contribution in [0.5, 0.6) is 5.75 Å². The number of aliphatic imine (C=N–C) groups is 1. The number of hydrogen-bond donors (Lipinski definition) is 0. The Morgan fingerprint density at radius 2 is 1.86 bits per heavy atom. The summed E-state index contributed by atoms with van der Waals surface area (Å²) in [7, 11) is 2.78. The number of carbonyl (C=O) groups is 1. The largest absolute Gasteiger partial charge is 0.496 e. The molecule has 3 rings (SSSR count). The zero-order valence-corrected chi connectivity index (χ0v) is 15.8. The first-order valence-corrected chi connectivity index (χ1v) is 8.99. The monoisotopic (exact) mass is 382 g/mol. The third-order valence-corrected chi connectivity index (χ3v) is 5.15. The Morgan fingerprint density at radius 3 is 2.50 bits per heavy atom. The van der Waals surface area contributed by atoms with Crippen molar-refractivity contribution in [1.29, 1.82) is 0 Å². The smallest absolute Gasteiger partial charge is 0.334 e. The number of carbonyl (C=O) groups excluding carboxylic acids is 1. The molecule has 7 heteroatoms. The van der Waals surface area contributed by atoms with E-state index in [1.165, 1.54) is 14.2 Å². The molecule has 0 N–H and O–H groups in total. The van der Waals surface area contributed by atoms with E-state index in [9.17, 15) is 14.9 Å². The van der Waals surface area contributed by atoms with Gasteiger partial charge >= 0.3 is 5.97 Å². The fourth-order valence-corrected chi connectivity index (χ4v) is 3.83. The molecule has 0 spiro atoms. The summed E-state index contributed by atoms with van der Waals surface area (Å²) in [6, 6.07) is 16.5. The van der Waals surface area contributed by atoms with Gasteiger partial charge in [-0.2, -0.15) is 0 Å². The van der Waals surface area contributed by atoms with Gasteiger partial charge < -0.3 is 9.47 Å². The molecular weight excluding hydrogens is 360 g/mol. The fourth-order valence-electron chi connectivity index (χ4n) is 3.83. The molecular formula is C21H22N2O5. The van der Waals surface area contributed by atoms with E-state index >= 15 is 0 Å². The highest BCUT2D eigenvalue weighted by atomic mass is 16.6. The highest BCUT2D eigenvalue weighted by Crippen LogP contribution is 2.44. The molecule has 0 unspecified atom stereocenters. The zero-order chi connectivity index (χ0) is 20.1. The summed E-state index contributed by atoms with van der Waals surface area (Å²) in [5, 5.41) is 11.5. The van der Waals surface area contributed by atoms with Crippen LogP contribution in [0.2, 0.25) is 0 Å². The second kappa shape index (κ2) is 8.21. The Kier molecular flexibility index (Phi) is 5.73. The first kappa shape index (κ1) is 19.5. The van der Waals surface area contributed by atoms with Crippen molar-refractivity contribution in [1.82, 2.24) is 0 Å². The van der Waals surface area contributed by atoms with Crippen molar-refractivity contribution in [3.8, 4) is 5.75 Å². The van der Waals surface area contributed by atoms with E-state index in [4.69, 9.17) is 14.5 Å². The molecule has 0 saturated heterocycles. The van der Waals surface area contributed by atoms with Crippen molar-refractivity contribution in [2.24, 2.45) is 4.99 Å². The highest BCUT2D eigenvalue weighted by molar-refractivity contribution is 6.05. The molecule has 0 bridgehead atoms. The van der Waals surface area contributed by atoms with Gasteiger partial charge in [0.05, 0.1) is 20.1 Å². The number of para-hydroxylation sites is 1. The second-order valence-electron chi connectivity index (χ2n) is 6.65. The quantitative estimate of drug-likeness (QED) is 0.416. The maximum absolute atomic E-state index is 12.9. The van der Waals surface area contributed by atoms with E-state index in [2.05, 4.69) is 0 Å². The Hall–Kier alpha value is -3.22. The van der Waals surface area contributed by atoms with Gasteiger partial charge in [-0.1, -0.05) is 48.5 Å². The normalized spacial score (nSPS) is 19.6. The number of rotatable bonds is 7. The summed E-state index contributed by atoms with van der Waals surface area (Å²) in [6.45, 7) is -0.457. The van der Waals surface area contributed by atoms with Gasteiger partial charge in [0.1, 0.15) is 5.75 Å². The summed E-state index contributed by atoms with van der Waals surface area (Å²) >= 11 is 0. The van der Waals surface area contributed by atoms with E-state index < -0.39 is 28.9 Å². The van der Waals surface area contributed by atoms with Crippen molar-refractivity contribution in [3.63, 3.8) is 0 Å². The van der Waals surface area contributed by atoms with Gasteiger partial charge in [-0.25, -0.2) is 4.79 Å². The molecule has 2 atom stereocenters. The van der Waals surface area contributed by atoms with Crippen LogP contribution in [0.15, 0.2) is 59.6 Å². The van der Waals surface area contributed by atoms with E-state index in [1.807, 2.05) is 30.3 Å². The van der Waals surface area contributed by atoms with Crippen molar-refractivity contribution in [3.05, 3.63) is 75.8 Å². The fraction of sp³-hybridized carbons (Fsp3) is 0.333. The highest BCUT2D eigenvalue weighted by Gasteiger charge is 2.53. The lowest BCUT2D eigenvalue weighted by atomic mass is 9.77. The van der Waals surface area contributed by atoms with Gasteiger partial charge in [-0.05, 0) is 24.5 Å². The lowest BCUT2D eigenvalue weighted by Gasteiger charge is -2.31. The maximum Gasteiger partial charge on any atom is 0.334 e. The Bertz CT molecular complexity index is 897. The van der Waals surface area contributed by atoms with Crippen LogP contribution in [-0.2, 0) is 9.53 Å². The number of methoxy groups -OCH3 is 2. The molecule has 7 nitrogen and oxygen atoms in total. The van der Waals surface area contributed by atoms with Crippen molar-refractivity contribution in [2.75, 3.05) is 20.8 Å². The molecule has 1 aliphatic rings. The van der Waals surface area contributed by atoms with Gasteiger partial charge in [0.15, 0.2) is 5.54 Å². The molecule has 0 aromatic heterocycles. The van der Waals surface area contributed by atoms with Gasteiger partial charge in [-0.15, -0.1) is 0 Å². The summed E-state index contributed by atoms with van der Waals surface area (Å²) in [6.07, 6.45) is 0.864. The molecule has 0 amide bonds. The second-order valence-corrected chi connectivity index (χ2v) is 6.65. The molecule has 0 radical (unpaired) electrons. The molecule has 0 saturated carbocycles. The number of nitro groups is 1. The third-order valence-electron chi connectivity index (χ3n) is 5.15. The van der Waals surface area contributed by atoms with Crippen molar-refractivity contribution < 1.29 is 19.2 Å². The number of benzene rings is 2. The Balaban J connectivity index is 2.16. The molecule has 0 aliphatic carbocycles. The maximum atomic E-state index is 12.9. The van der Waals surface area contributed by atoms with E-state index in [0.29, 0.717) is 24.2 Å². The molecule has 2 aromatic carbocycles. The molecule has 1 heterocycles. The number of hydrogen-bond acceptors (Lipinski definition) is 6. The number of ether oxygens (including phenoxy) is 2. The minimum Gasteiger partial charge on any atom is -0.496 e. The van der Waals surface area contributed by atoms with Crippen LogP contribution in [-0.4, -0.2) is 42.9 Å². The molecule has 1 aliphatic heterocycles. The van der Waals surface area contributed by atoms with E-state index in [0.717, 1.165) is 11.3 Å². The van der Waals surface area contributed by atoms with Crippen molar-refractivity contribution in [2.45, 2.75) is 24.3 Å². The molecule has 146 valence electrons. The predicted octanol–water partition coefficient (Wildman–Crippen LogP) is 3.25. The summed E-state index contributed by atoms with van der Waals surface area (Å²) in [5.41, 5.74) is 0.842. The molecule has 28 heavy (non-hydrogen) atoms. The first-order valence-electron chi connectivity index (χ1n) is 8.99. The predicted molar refractivity (Wildman–Crippen MR) is 105 cm³/mol. The number of esters is 1. The van der Waals surface area contributed by atoms with Crippen LogP contribution in [0.1, 0.15) is 29.9 Å². The van der Waals surface area contributed by atoms with Crippen LogP contribution in [0.25, 0.3) is 0 Å². The van der Waals surface area contributed by atoms with Gasteiger partial charge in [0, 0.05) is 16.2 Å². The van der Waals surface area contributed by atoms with Gasteiger partial charge in [-0.3, -0.25) is 15.1 Å². The van der Waals surface area contributed by atoms with Crippen LogP contribution in [0.3, 0.4) is 0 Å². The number of nitrogens with zero attached hydrogens (tertiary/aromatic N) is 2. The average molecular weight is 382 g/mol. The lowest BCUT2D eigenvalue weighted by molar-refractivity contribution is -0.484. The third kappa shape index (κ3) is 3.60. The lowest BCUT2D eigenvalue weighted by Crippen LogP contribution is -2.45. The topological polar surface area (TPSA) is 91.0 Å². The van der Waals surface area contributed by atoms with E-state index in [-0.39, 0.29) is 0 Å². The first-order chi connectivity index (χ1) is 13.5. The summed E-state index contributed by atoms with van der Waals surface area (Å²) < 4.78 is 10.5. The summed E-state index contributed by atoms with van der Waals surface area (Å²) in [4.78, 5) is 28.8. The van der Waals surface area contributed by atoms with Gasteiger partial charge in [0.2, 0.25) is 6.54 Å². The van der Waals surface area contributed by atoms with Crippen LogP contribution < -0.4 is 4.74 Å². The Labute approximate surface area is 163 Å². The molecule has 2 aromatic rings. The Morgan fingerprint density at radius 1 is 1.18 bits per heavy atom. The van der Waals surface area contributed by atoms with Gasteiger partial charge in [0.25, 0.3) is 0 Å². The van der Waals surface area contributed by atoms with Crippen molar-refractivity contribution >= 4 is 11.7 Å². The minimum atomic E-state index is -1.37. The standard InChI is InChI=1S/C21H22N2O5/c1-27-19-11-7-6-10-16(19)17(14-23(25)26)21(20(24)28-2)13-12-18(22-21)15-8-4-3-5-9-15/h3-11,17H,12-14H2,1-2H3/t17-,21+/m0/s1. The summed E-state index contributed by atoms with van der Waals surface area (Å²) in [5.74, 6) is -0.899. The zero-order valence-electron chi connectivity index (χ0n) is 15.8. The van der Waals surface area contributed by atoms with Crippen LogP contribution in [0.4, 0.5) is 0 Å². The van der Waals surface area contributed by atoms with E-state index in [1.54, 1.807) is 24.3 Å². The minimum absolute atomic E-state index is 0.334. The SMILES string of the molecule is COC(=O)[C@]1([C@@H](C[N+](=O)[O-])c2ccccc2OC)CCC(c2ccccc2)=N1. The van der Waals surface area contributed by atoms with Crippen LogP contribution >= 0.6 is 0 Å². The van der Waals surface area contributed by atoms with Crippen LogP contribution in [0, 0.1) is 10.1 Å².